The molecular formula is C6H8N2S. The Kier molecular flexibility index (Phi) is 1.75. The molecule has 1 aromatic rings. The summed E-state index contributed by atoms with van der Waals surface area (Å²) >= 11 is 1.58. The lowest BCUT2D eigenvalue weighted by atomic mass is 10.4. The highest BCUT2D eigenvalue weighted by atomic mass is 32.1. The van der Waals surface area contributed by atoms with Crippen LogP contribution in [0.4, 0.5) is 0 Å². The summed E-state index contributed by atoms with van der Waals surface area (Å²) in [7, 11) is 0. The second-order valence-electron chi connectivity index (χ2n) is 1.60. The van der Waals surface area contributed by atoms with Crippen LogP contribution in [-0.2, 0) is 0 Å². The topological polar surface area (TPSA) is 52.0 Å². The van der Waals surface area contributed by atoms with Crippen molar-refractivity contribution in [1.82, 2.24) is 0 Å². The summed E-state index contributed by atoms with van der Waals surface area (Å²) in [5.74, 6) is 0. The standard InChI is InChI=1S/C6H8N2S/c7-4-5(8)6-2-1-3-9-6/h1-4H,7-8H2/b5-4+. The molecule has 0 aliphatic rings. The van der Waals surface area contributed by atoms with Gasteiger partial charge in [-0.15, -0.1) is 11.3 Å². The predicted octanol–water partition coefficient (Wildman–Crippen LogP) is 0.964. The molecule has 9 heavy (non-hydrogen) atoms. The molecule has 0 spiro atoms. The summed E-state index contributed by atoms with van der Waals surface area (Å²) in [6, 6.07) is 3.87. The first-order chi connectivity index (χ1) is 4.34. The van der Waals surface area contributed by atoms with E-state index in [2.05, 4.69) is 0 Å². The molecule has 0 atom stereocenters. The second-order valence-corrected chi connectivity index (χ2v) is 2.55. The molecule has 0 saturated carbocycles. The van der Waals surface area contributed by atoms with Crippen LogP contribution in [0.2, 0.25) is 0 Å². The third-order valence-corrected chi connectivity index (χ3v) is 1.90. The van der Waals surface area contributed by atoms with Crippen LogP contribution in [0.15, 0.2) is 23.7 Å². The summed E-state index contributed by atoms with van der Waals surface area (Å²) in [5, 5.41) is 1.96. The van der Waals surface area contributed by atoms with Crippen molar-refractivity contribution in [2.45, 2.75) is 0 Å². The minimum Gasteiger partial charge on any atom is -0.403 e. The maximum Gasteiger partial charge on any atom is 0.0646 e. The first-order valence-electron chi connectivity index (χ1n) is 2.56. The molecule has 0 unspecified atom stereocenters. The molecule has 1 aromatic heterocycles. The van der Waals surface area contributed by atoms with E-state index < -0.39 is 0 Å². The fourth-order valence-electron chi connectivity index (χ4n) is 0.525. The molecule has 0 fully saturated rings. The van der Waals surface area contributed by atoms with Gasteiger partial charge in [0.25, 0.3) is 0 Å². The zero-order valence-corrected chi connectivity index (χ0v) is 5.69. The van der Waals surface area contributed by atoms with E-state index >= 15 is 0 Å². The molecule has 1 rings (SSSR count). The van der Waals surface area contributed by atoms with Crippen LogP contribution in [-0.4, -0.2) is 0 Å². The molecular weight excluding hydrogens is 132 g/mol. The number of hydrogen-bond donors (Lipinski definition) is 2. The Hall–Kier alpha value is -0.960. The Bertz CT molecular complexity index is 201. The van der Waals surface area contributed by atoms with Crippen LogP contribution >= 0.6 is 11.3 Å². The molecule has 0 bridgehead atoms. The van der Waals surface area contributed by atoms with E-state index in [1.54, 1.807) is 11.3 Å². The molecule has 0 aliphatic heterocycles. The molecule has 0 amide bonds. The highest BCUT2D eigenvalue weighted by Gasteiger charge is 1.92. The van der Waals surface area contributed by atoms with Crippen molar-refractivity contribution in [1.29, 1.82) is 0 Å². The van der Waals surface area contributed by atoms with Gasteiger partial charge in [-0.25, -0.2) is 0 Å². The van der Waals surface area contributed by atoms with E-state index in [1.807, 2.05) is 17.5 Å². The van der Waals surface area contributed by atoms with E-state index in [-0.39, 0.29) is 0 Å². The fourth-order valence-corrected chi connectivity index (χ4v) is 1.19. The zero-order valence-electron chi connectivity index (χ0n) is 4.87. The van der Waals surface area contributed by atoms with Gasteiger partial charge in [0.2, 0.25) is 0 Å². The summed E-state index contributed by atoms with van der Waals surface area (Å²) in [6.45, 7) is 0. The molecule has 0 aliphatic carbocycles. The molecule has 4 N–H and O–H groups in total. The van der Waals surface area contributed by atoms with Gasteiger partial charge < -0.3 is 11.5 Å². The van der Waals surface area contributed by atoms with Gasteiger partial charge in [-0.05, 0) is 11.4 Å². The predicted molar refractivity (Wildman–Crippen MR) is 40.7 cm³/mol. The van der Waals surface area contributed by atoms with Crippen LogP contribution in [0.1, 0.15) is 4.88 Å². The van der Waals surface area contributed by atoms with Crippen LogP contribution in [0.3, 0.4) is 0 Å². The molecule has 1 heterocycles. The SMILES string of the molecule is N/C=C(/N)c1cccs1. The smallest absolute Gasteiger partial charge is 0.0646 e. The lowest BCUT2D eigenvalue weighted by molar-refractivity contribution is 1.51. The van der Waals surface area contributed by atoms with Gasteiger partial charge in [0.15, 0.2) is 0 Å². The normalized spacial score (nSPS) is 11.8. The van der Waals surface area contributed by atoms with Crippen LogP contribution in [0, 0.1) is 0 Å². The molecule has 0 saturated heterocycles. The van der Waals surface area contributed by atoms with Crippen LogP contribution in [0.25, 0.3) is 5.70 Å². The third-order valence-electron chi connectivity index (χ3n) is 0.985. The van der Waals surface area contributed by atoms with E-state index in [9.17, 15) is 0 Å². The van der Waals surface area contributed by atoms with Gasteiger partial charge in [0, 0.05) is 6.20 Å². The van der Waals surface area contributed by atoms with Gasteiger partial charge in [-0.1, -0.05) is 6.07 Å². The summed E-state index contributed by atoms with van der Waals surface area (Å²) in [5.41, 5.74) is 11.3. The van der Waals surface area contributed by atoms with Crippen molar-refractivity contribution in [2.24, 2.45) is 11.5 Å². The Balaban J connectivity index is 2.90. The van der Waals surface area contributed by atoms with Crippen molar-refractivity contribution in [3.05, 3.63) is 28.6 Å². The first-order valence-corrected chi connectivity index (χ1v) is 3.44. The van der Waals surface area contributed by atoms with Crippen molar-refractivity contribution >= 4 is 17.0 Å². The lowest BCUT2D eigenvalue weighted by Gasteiger charge is -1.90. The molecule has 48 valence electrons. The van der Waals surface area contributed by atoms with Crippen molar-refractivity contribution in [3.63, 3.8) is 0 Å². The highest BCUT2D eigenvalue weighted by Crippen LogP contribution is 2.13. The van der Waals surface area contributed by atoms with Crippen LogP contribution in [0.5, 0.6) is 0 Å². The van der Waals surface area contributed by atoms with E-state index in [1.165, 1.54) is 6.20 Å². The van der Waals surface area contributed by atoms with Crippen LogP contribution < -0.4 is 11.5 Å². The fraction of sp³-hybridized carbons (Fsp3) is 0. The number of thiophene rings is 1. The quantitative estimate of drug-likeness (QED) is 0.610. The van der Waals surface area contributed by atoms with Gasteiger partial charge in [0.1, 0.15) is 0 Å². The largest absolute Gasteiger partial charge is 0.403 e. The Morgan fingerprint density at radius 3 is 2.89 bits per heavy atom. The zero-order chi connectivity index (χ0) is 6.69. The average molecular weight is 140 g/mol. The lowest BCUT2D eigenvalue weighted by Crippen LogP contribution is -1.96. The molecule has 2 nitrogen and oxygen atoms in total. The monoisotopic (exact) mass is 140 g/mol. The van der Waals surface area contributed by atoms with Gasteiger partial charge in [0.05, 0.1) is 10.6 Å². The number of hydrogen-bond acceptors (Lipinski definition) is 3. The second kappa shape index (κ2) is 2.55. The molecule has 3 heteroatoms. The van der Waals surface area contributed by atoms with Gasteiger partial charge in [-0.2, -0.15) is 0 Å². The average Bonchev–Trinajstić information content (AvgIpc) is 2.37. The van der Waals surface area contributed by atoms with E-state index in [0.29, 0.717) is 5.70 Å². The minimum atomic E-state index is 0.644. The molecule has 0 aromatic carbocycles. The molecule has 0 radical (unpaired) electrons. The summed E-state index contributed by atoms with van der Waals surface area (Å²) in [4.78, 5) is 1.03. The number of rotatable bonds is 1. The highest BCUT2D eigenvalue weighted by molar-refractivity contribution is 7.11. The van der Waals surface area contributed by atoms with Gasteiger partial charge in [-0.3, -0.25) is 0 Å². The Morgan fingerprint density at radius 1 is 1.67 bits per heavy atom. The first kappa shape index (κ1) is 6.16. The Labute approximate surface area is 57.8 Å². The maximum atomic E-state index is 5.49. The Morgan fingerprint density at radius 2 is 2.44 bits per heavy atom. The van der Waals surface area contributed by atoms with Crippen molar-refractivity contribution in [2.75, 3.05) is 0 Å². The summed E-state index contributed by atoms with van der Waals surface area (Å²) in [6.07, 6.45) is 1.41. The van der Waals surface area contributed by atoms with Crippen molar-refractivity contribution in [3.8, 4) is 0 Å². The maximum absolute atomic E-state index is 5.49. The van der Waals surface area contributed by atoms with Crippen molar-refractivity contribution < 1.29 is 0 Å². The van der Waals surface area contributed by atoms with Gasteiger partial charge >= 0.3 is 0 Å². The third kappa shape index (κ3) is 1.23. The minimum absolute atomic E-state index is 0.644. The number of nitrogens with two attached hydrogens (primary N) is 2. The van der Waals surface area contributed by atoms with E-state index in [0.717, 1.165) is 4.88 Å². The summed E-state index contributed by atoms with van der Waals surface area (Å²) < 4.78 is 0. The van der Waals surface area contributed by atoms with E-state index in [4.69, 9.17) is 11.5 Å².